The average Bonchev–Trinajstić information content (AvgIpc) is 2.71. The molecule has 1 aliphatic rings. The summed E-state index contributed by atoms with van der Waals surface area (Å²) >= 11 is 5.59. The molecule has 1 aliphatic heterocycles. The summed E-state index contributed by atoms with van der Waals surface area (Å²) in [4.78, 5) is 11.7. The van der Waals surface area contributed by atoms with Crippen LogP contribution >= 0.6 is 11.6 Å². The van der Waals surface area contributed by atoms with Gasteiger partial charge in [-0.15, -0.1) is 0 Å². The second kappa shape index (κ2) is 7.00. The molecule has 14 heteroatoms. The van der Waals surface area contributed by atoms with Crippen molar-refractivity contribution in [2.24, 2.45) is 0 Å². The number of rotatable bonds is 2. The molecule has 0 saturated heterocycles. The SMILES string of the molecule is O=C(N1CCc2c(F)cc(Cl)c(OS(=O)(=O)C(F)(F)F)c2CC1)C(F)(F)F. The van der Waals surface area contributed by atoms with E-state index in [0.29, 0.717) is 11.0 Å². The van der Waals surface area contributed by atoms with E-state index in [-0.39, 0.29) is 5.56 Å². The predicted molar refractivity (Wildman–Crippen MR) is 77.1 cm³/mol. The number of hydrogen-bond acceptors (Lipinski definition) is 4. The van der Waals surface area contributed by atoms with E-state index in [1.165, 1.54) is 0 Å². The predicted octanol–water partition coefficient (Wildman–Crippen LogP) is 3.20. The third-order valence-corrected chi connectivity index (χ3v) is 4.90. The zero-order chi connectivity index (χ0) is 20.8. The Morgan fingerprint density at radius 3 is 2.07 bits per heavy atom. The van der Waals surface area contributed by atoms with Crippen LogP contribution in [0.5, 0.6) is 5.75 Å². The van der Waals surface area contributed by atoms with Crippen molar-refractivity contribution in [1.82, 2.24) is 4.90 Å². The fourth-order valence-corrected chi connectivity index (χ4v) is 3.26. The van der Waals surface area contributed by atoms with E-state index in [9.17, 15) is 43.9 Å². The molecule has 0 saturated carbocycles. The number of carbonyl (C=O) groups is 1. The van der Waals surface area contributed by atoms with Crippen LogP contribution in [0.1, 0.15) is 11.1 Å². The summed E-state index contributed by atoms with van der Waals surface area (Å²) in [6.45, 7) is -1.25. The van der Waals surface area contributed by atoms with Crippen LogP contribution in [-0.4, -0.2) is 44.0 Å². The lowest BCUT2D eigenvalue weighted by atomic mass is 10.0. The Morgan fingerprint density at radius 1 is 1.07 bits per heavy atom. The average molecular weight is 444 g/mol. The molecule has 5 nitrogen and oxygen atoms in total. The number of carbonyl (C=O) groups excluding carboxylic acids is 1. The van der Waals surface area contributed by atoms with E-state index >= 15 is 0 Å². The summed E-state index contributed by atoms with van der Waals surface area (Å²) in [6.07, 6.45) is -6.31. The zero-order valence-corrected chi connectivity index (χ0v) is 14.5. The van der Waals surface area contributed by atoms with Gasteiger partial charge in [0.15, 0.2) is 5.75 Å². The molecule has 0 spiro atoms. The monoisotopic (exact) mass is 443 g/mol. The lowest BCUT2D eigenvalue weighted by Crippen LogP contribution is -2.42. The van der Waals surface area contributed by atoms with Crippen LogP contribution < -0.4 is 4.18 Å². The minimum absolute atomic E-state index is 0.329. The summed E-state index contributed by atoms with van der Waals surface area (Å²) < 4.78 is 116. The van der Waals surface area contributed by atoms with Gasteiger partial charge in [0, 0.05) is 18.7 Å². The first-order valence-corrected chi connectivity index (χ1v) is 8.80. The molecule has 0 fully saturated rings. The topological polar surface area (TPSA) is 63.7 Å². The highest BCUT2D eigenvalue weighted by Crippen LogP contribution is 2.39. The Morgan fingerprint density at radius 2 is 1.59 bits per heavy atom. The van der Waals surface area contributed by atoms with E-state index in [1.807, 2.05) is 0 Å². The van der Waals surface area contributed by atoms with Crippen LogP contribution in [0.3, 0.4) is 0 Å². The van der Waals surface area contributed by atoms with Gasteiger partial charge < -0.3 is 9.08 Å². The lowest BCUT2D eigenvalue weighted by molar-refractivity contribution is -0.185. The maximum atomic E-state index is 14.1. The fourth-order valence-electron chi connectivity index (χ4n) is 2.46. The Bertz CT molecular complexity index is 867. The second-order valence-corrected chi connectivity index (χ2v) is 7.34. The number of nitrogens with zero attached hydrogens (tertiary/aromatic N) is 1. The Hall–Kier alpha value is -1.76. The minimum Gasteiger partial charge on any atom is -0.374 e. The molecule has 1 amide bonds. The molecule has 0 radical (unpaired) electrons. The van der Waals surface area contributed by atoms with Crippen LogP contribution in [-0.2, 0) is 27.8 Å². The second-order valence-electron chi connectivity index (χ2n) is 5.40. The molecule has 0 aliphatic carbocycles. The van der Waals surface area contributed by atoms with E-state index in [2.05, 4.69) is 4.18 Å². The lowest BCUT2D eigenvalue weighted by Gasteiger charge is -2.21. The first-order valence-electron chi connectivity index (χ1n) is 7.01. The van der Waals surface area contributed by atoms with Crippen molar-refractivity contribution < 1.29 is 48.1 Å². The third kappa shape index (κ3) is 4.39. The first kappa shape index (κ1) is 21.5. The summed E-state index contributed by atoms with van der Waals surface area (Å²) in [5.41, 5.74) is -6.64. The largest absolute Gasteiger partial charge is 0.534 e. The number of benzene rings is 1. The Labute approximate surface area is 152 Å². The van der Waals surface area contributed by atoms with E-state index < -0.39 is 75.8 Å². The standard InChI is InChI=1S/C13H9ClF7NO4S/c14-8-5-9(15)6-1-3-22(11(23)12(16,17)18)4-2-7(6)10(8)26-27(24,25)13(19,20)21/h5H,1-4H2. The number of fused-ring (bicyclic) bond motifs is 1. The van der Waals surface area contributed by atoms with Crippen LogP contribution in [0.15, 0.2) is 6.07 Å². The van der Waals surface area contributed by atoms with Gasteiger partial charge in [0.2, 0.25) is 0 Å². The quantitative estimate of drug-likeness (QED) is 0.400. The van der Waals surface area contributed by atoms with Crippen molar-refractivity contribution >= 4 is 27.6 Å². The van der Waals surface area contributed by atoms with Gasteiger partial charge in [-0.05, 0) is 24.5 Å². The number of amides is 1. The molecular formula is C13H9ClF7NO4S. The van der Waals surface area contributed by atoms with Crippen molar-refractivity contribution in [3.05, 3.63) is 28.0 Å². The molecule has 152 valence electrons. The summed E-state index contributed by atoms with van der Waals surface area (Å²) in [5.74, 6) is -4.33. The molecule has 0 atom stereocenters. The van der Waals surface area contributed by atoms with E-state index in [4.69, 9.17) is 11.6 Å². The van der Waals surface area contributed by atoms with Crippen LogP contribution in [0.4, 0.5) is 30.7 Å². The molecule has 27 heavy (non-hydrogen) atoms. The molecule has 0 N–H and O–H groups in total. The molecular weight excluding hydrogens is 435 g/mol. The highest BCUT2D eigenvalue weighted by molar-refractivity contribution is 7.88. The summed E-state index contributed by atoms with van der Waals surface area (Å²) in [7, 11) is -6.15. The Kier molecular flexibility index (Phi) is 5.59. The van der Waals surface area contributed by atoms with Gasteiger partial charge in [-0.2, -0.15) is 34.8 Å². The molecule has 2 rings (SSSR count). The van der Waals surface area contributed by atoms with E-state index in [1.54, 1.807) is 0 Å². The maximum absolute atomic E-state index is 14.1. The highest BCUT2D eigenvalue weighted by Gasteiger charge is 2.49. The van der Waals surface area contributed by atoms with Gasteiger partial charge in [-0.1, -0.05) is 11.6 Å². The number of alkyl halides is 6. The summed E-state index contributed by atoms with van der Waals surface area (Å²) in [6, 6.07) is 0.489. The Balaban J connectivity index is 2.46. The van der Waals surface area contributed by atoms with Crippen LogP contribution in [0.25, 0.3) is 0 Å². The van der Waals surface area contributed by atoms with Gasteiger partial charge in [-0.3, -0.25) is 4.79 Å². The maximum Gasteiger partial charge on any atom is 0.534 e. The van der Waals surface area contributed by atoms with Crippen LogP contribution in [0.2, 0.25) is 5.02 Å². The third-order valence-electron chi connectivity index (χ3n) is 3.67. The minimum atomic E-state index is -6.15. The fraction of sp³-hybridized carbons (Fsp3) is 0.462. The van der Waals surface area contributed by atoms with Gasteiger partial charge in [-0.25, -0.2) is 4.39 Å². The number of hydrogen-bond donors (Lipinski definition) is 0. The highest BCUT2D eigenvalue weighted by atomic mass is 35.5. The number of halogens is 8. The van der Waals surface area contributed by atoms with Crippen molar-refractivity contribution in [2.45, 2.75) is 24.5 Å². The molecule has 0 aromatic heterocycles. The van der Waals surface area contributed by atoms with Gasteiger partial charge >= 0.3 is 27.7 Å². The zero-order valence-electron chi connectivity index (χ0n) is 12.9. The van der Waals surface area contributed by atoms with Gasteiger partial charge in [0.1, 0.15) is 5.82 Å². The molecule has 1 aromatic carbocycles. The molecule has 1 aromatic rings. The first-order chi connectivity index (χ1) is 12.1. The van der Waals surface area contributed by atoms with Gasteiger partial charge in [0.25, 0.3) is 0 Å². The van der Waals surface area contributed by atoms with E-state index in [0.717, 1.165) is 0 Å². The normalized spacial score (nSPS) is 15.9. The van der Waals surface area contributed by atoms with Crippen LogP contribution in [0, 0.1) is 5.82 Å². The van der Waals surface area contributed by atoms with Crippen molar-refractivity contribution in [3.63, 3.8) is 0 Å². The molecule has 0 bridgehead atoms. The smallest absolute Gasteiger partial charge is 0.374 e. The molecule has 1 heterocycles. The van der Waals surface area contributed by atoms with Gasteiger partial charge in [0.05, 0.1) is 5.02 Å². The molecule has 0 unspecified atom stereocenters. The van der Waals surface area contributed by atoms with Crippen molar-refractivity contribution in [2.75, 3.05) is 13.1 Å². The van der Waals surface area contributed by atoms with Crippen molar-refractivity contribution in [1.29, 1.82) is 0 Å². The van der Waals surface area contributed by atoms with Crippen molar-refractivity contribution in [3.8, 4) is 5.75 Å². The summed E-state index contributed by atoms with van der Waals surface area (Å²) in [5, 5.41) is -0.810.